The number of amides is 2. The number of sulfonamides is 1. The zero-order valence-corrected chi connectivity index (χ0v) is 24.7. The summed E-state index contributed by atoms with van der Waals surface area (Å²) in [5.74, 6) is 0.652. The Kier molecular flexibility index (Phi) is 16.8. The maximum absolute atomic E-state index is 11.7. The van der Waals surface area contributed by atoms with Crippen molar-refractivity contribution >= 4 is 33.8 Å². The molecule has 210 valence electrons. The van der Waals surface area contributed by atoms with Gasteiger partial charge in [0.25, 0.3) is 0 Å². The largest absolute Gasteiger partial charge is 0.444 e. The number of alkyl halides is 1. The Morgan fingerprint density at radius 1 is 0.857 bits per heavy atom. The van der Waals surface area contributed by atoms with Gasteiger partial charge in [0.15, 0.2) is 0 Å². The van der Waals surface area contributed by atoms with Gasteiger partial charge in [0.1, 0.15) is 11.2 Å². The number of ether oxygens (including phenoxy) is 2. The van der Waals surface area contributed by atoms with Gasteiger partial charge in [0.2, 0.25) is 10.0 Å². The molecule has 0 unspecified atom stereocenters. The SMILES string of the molecule is CC(C)[C@@H](CN)NC(=O)OC(C)(C)C.CC(C)[C@@H](CNS(=O)(=O)CCCCl)NC(=O)OC(C)(C)C. The fourth-order valence-electron chi connectivity index (χ4n) is 2.40. The summed E-state index contributed by atoms with van der Waals surface area (Å²) in [7, 11) is -3.37. The minimum absolute atomic E-state index is 0.0201. The normalized spacial score (nSPS) is 14.0. The molecule has 35 heavy (non-hydrogen) atoms. The maximum atomic E-state index is 11.7. The molecule has 0 spiro atoms. The van der Waals surface area contributed by atoms with Crippen molar-refractivity contribution in [2.45, 2.75) is 98.9 Å². The summed E-state index contributed by atoms with van der Waals surface area (Å²) in [6.07, 6.45) is -0.564. The Bertz CT molecular complexity index is 719. The number of halogens is 1. The number of hydrogen-bond acceptors (Lipinski definition) is 7. The molecule has 12 heteroatoms. The van der Waals surface area contributed by atoms with Crippen LogP contribution >= 0.6 is 11.6 Å². The number of alkyl carbamates (subject to hydrolysis) is 2. The smallest absolute Gasteiger partial charge is 0.407 e. The Morgan fingerprint density at radius 2 is 1.26 bits per heavy atom. The van der Waals surface area contributed by atoms with E-state index in [0.717, 1.165) is 0 Å². The highest BCUT2D eigenvalue weighted by atomic mass is 35.5. The average Bonchev–Trinajstić information content (AvgIpc) is 2.65. The first-order valence-electron chi connectivity index (χ1n) is 11.9. The van der Waals surface area contributed by atoms with Gasteiger partial charge in [0, 0.05) is 31.1 Å². The van der Waals surface area contributed by atoms with E-state index in [4.69, 9.17) is 26.8 Å². The molecule has 0 aliphatic rings. The molecule has 0 saturated carbocycles. The van der Waals surface area contributed by atoms with Gasteiger partial charge in [0.05, 0.1) is 5.75 Å². The Hall–Kier alpha value is -1.30. The first-order valence-corrected chi connectivity index (χ1v) is 14.1. The summed E-state index contributed by atoms with van der Waals surface area (Å²) in [6.45, 7) is 19.2. The number of carbonyl (C=O) groups is 2. The lowest BCUT2D eigenvalue weighted by molar-refractivity contribution is 0.0481. The first kappa shape index (κ1) is 35.9. The van der Waals surface area contributed by atoms with E-state index in [1.54, 1.807) is 20.8 Å². The van der Waals surface area contributed by atoms with Gasteiger partial charge in [-0.2, -0.15) is 0 Å². The van der Waals surface area contributed by atoms with E-state index in [1.807, 2.05) is 48.5 Å². The molecule has 0 aliphatic carbocycles. The van der Waals surface area contributed by atoms with Crippen molar-refractivity contribution in [3.05, 3.63) is 0 Å². The maximum Gasteiger partial charge on any atom is 0.407 e. The Balaban J connectivity index is 0. The van der Waals surface area contributed by atoms with Crippen LogP contribution in [0.3, 0.4) is 0 Å². The zero-order chi connectivity index (χ0) is 28.0. The van der Waals surface area contributed by atoms with Crippen molar-refractivity contribution in [2.24, 2.45) is 17.6 Å². The van der Waals surface area contributed by atoms with Crippen molar-refractivity contribution in [3.8, 4) is 0 Å². The minimum atomic E-state index is -3.37. The number of nitrogens with one attached hydrogen (secondary N) is 3. The Labute approximate surface area is 217 Å². The van der Waals surface area contributed by atoms with Crippen LogP contribution in [0.1, 0.15) is 75.7 Å². The van der Waals surface area contributed by atoms with Crippen LogP contribution < -0.4 is 21.1 Å². The number of rotatable bonds is 11. The quantitative estimate of drug-likeness (QED) is 0.290. The molecule has 10 nitrogen and oxygen atoms in total. The summed E-state index contributed by atoms with van der Waals surface area (Å²) in [5, 5.41) is 5.42. The van der Waals surface area contributed by atoms with Crippen molar-refractivity contribution in [1.82, 2.24) is 15.4 Å². The van der Waals surface area contributed by atoms with Crippen LogP contribution in [0, 0.1) is 11.8 Å². The number of nitrogens with two attached hydrogens (primary N) is 1. The van der Waals surface area contributed by atoms with Crippen LogP contribution in [0.25, 0.3) is 0 Å². The molecule has 0 aromatic carbocycles. The van der Waals surface area contributed by atoms with Crippen LogP contribution in [0.4, 0.5) is 9.59 Å². The number of carbonyl (C=O) groups excluding carboxylic acids is 2. The van der Waals surface area contributed by atoms with Gasteiger partial charge in [-0.15, -0.1) is 11.6 Å². The summed E-state index contributed by atoms with van der Waals surface area (Å²) in [5.41, 5.74) is 4.47. The van der Waals surface area contributed by atoms with E-state index in [2.05, 4.69) is 15.4 Å². The third-order valence-electron chi connectivity index (χ3n) is 4.34. The lowest BCUT2D eigenvalue weighted by atomic mass is 10.1. The van der Waals surface area contributed by atoms with Gasteiger partial charge in [-0.3, -0.25) is 0 Å². The first-order chi connectivity index (χ1) is 15.7. The van der Waals surface area contributed by atoms with Crippen LogP contribution in [-0.4, -0.2) is 68.6 Å². The standard InChI is InChI=1S/C13H27ClN2O4S.C10H22N2O2/c1-10(2)11(16-12(17)20-13(3,4)5)9-15-21(18,19)8-6-7-14;1-7(2)8(6-11)12-9(13)14-10(3,4)5/h10-11,15H,6-9H2,1-5H3,(H,16,17);7-8H,6,11H2,1-5H3,(H,12,13)/t11-;8-/m11/s1. The van der Waals surface area contributed by atoms with Gasteiger partial charge in [-0.1, -0.05) is 27.7 Å². The van der Waals surface area contributed by atoms with E-state index in [0.29, 0.717) is 24.8 Å². The fourth-order valence-corrected chi connectivity index (χ4v) is 3.80. The molecule has 0 saturated heterocycles. The van der Waals surface area contributed by atoms with Gasteiger partial charge in [-0.25, -0.2) is 22.7 Å². The molecule has 2 atom stereocenters. The highest BCUT2D eigenvalue weighted by Crippen LogP contribution is 2.09. The fraction of sp³-hybridized carbons (Fsp3) is 0.913. The zero-order valence-electron chi connectivity index (χ0n) is 23.2. The third kappa shape index (κ3) is 21.7. The van der Waals surface area contributed by atoms with Crippen LogP contribution in [0.2, 0.25) is 0 Å². The highest BCUT2D eigenvalue weighted by Gasteiger charge is 2.23. The lowest BCUT2D eigenvalue weighted by Gasteiger charge is -2.26. The van der Waals surface area contributed by atoms with Crippen LogP contribution in [-0.2, 0) is 19.5 Å². The van der Waals surface area contributed by atoms with E-state index >= 15 is 0 Å². The molecule has 0 rings (SSSR count). The monoisotopic (exact) mass is 544 g/mol. The molecule has 0 fully saturated rings. The molecular weight excluding hydrogens is 496 g/mol. The van der Waals surface area contributed by atoms with E-state index in [-0.39, 0.29) is 30.3 Å². The molecule has 0 bridgehead atoms. The third-order valence-corrected chi connectivity index (χ3v) is 6.04. The molecule has 2 amide bonds. The highest BCUT2D eigenvalue weighted by molar-refractivity contribution is 7.89. The second-order valence-electron chi connectivity index (χ2n) is 10.9. The summed E-state index contributed by atoms with van der Waals surface area (Å²) >= 11 is 5.49. The molecular formula is C23H49ClN4O6S. The van der Waals surface area contributed by atoms with Crippen molar-refractivity contribution < 1.29 is 27.5 Å². The molecule has 0 aromatic rings. The van der Waals surface area contributed by atoms with Gasteiger partial charge < -0.3 is 25.8 Å². The summed E-state index contributed by atoms with van der Waals surface area (Å²) in [6, 6.07) is -0.365. The Morgan fingerprint density at radius 3 is 1.57 bits per heavy atom. The number of hydrogen-bond donors (Lipinski definition) is 4. The molecule has 0 aliphatic heterocycles. The second kappa shape index (κ2) is 16.4. The van der Waals surface area contributed by atoms with Gasteiger partial charge >= 0.3 is 12.2 Å². The predicted molar refractivity (Wildman–Crippen MR) is 142 cm³/mol. The van der Waals surface area contributed by atoms with E-state index in [1.165, 1.54) is 0 Å². The lowest BCUT2D eigenvalue weighted by Crippen LogP contribution is -2.48. The molecule has 0 heterocycles. The van der Waals surface area contributed by atoms with Crippen LogP contribution in [0.15, 0.2) is 0 Å². The minimum Gasteiger partial charge on any atom is -0.444 e. The molecule has 5 N–H and O–H groups in total. The molecule has 0 radical (unpaired) electrons. The molecule has 0 aromatic heterocycles. The van der Waals surface area contributed by atoms with Crippen molar-refractivity contribution in [2.75, 3.05) is 24.7 Å². The van der Waals surface area contributed by atoms with Crippen molar-refractivity contribution in [1.29, 1.82) is 0 Å². The summed E-state index contributed by atoms with van der Waals surface area (Å²) < 4.78 is 36.2. The average molecular weight is 545 g/mol. The summed E-state index contributed by atoms with van der Waals surface area (Å²) in [4.78, 5) is 23.1. The second-order valence-corrected chi connectivity index (χ2v) is 13.2. The van der Waals surface area contributed by atoms with Gasteiger partial charge in [-0.05, 0) is 59.8 Å². The predicted octanol–water partition coefficient (Wildman–Crippen LogP) is 3.58. The van der Waals surface area contributed by atoms with E-state index in [9.17, 15) is 18.0 Å². The van der Waals surface area contributed by atoms with Crippen LogP contribution in [0.5, 0.6) is 0 Å². The van der Waals surface area contributed by atoms with E-state index < -0.39 is 33.4 Å². The topological polar surface area (TPSA) is 149 Å². The van der Waals surface area contributed by atoms with Crippen molar-refractivity contribution in [3.63, 3.8) is 0 Å².